The number of carboxylic acid groups (broad SMARTS) is 1. The smallest absolute Gasteiger partial charge is 0.323 e. The number of hydrogen-bond acceptors (Lipinski definition) is 6. The van der Waals surface area contributed by atoms with Crippen LogP contribution in [0.5, 0.6) is 0 Å². The van der Waals surface area contributed by atoms with Crippen molar-refractivity contribution in [2.24, 2.45) is 0 Å². The van der Waals surface area contributed by atoms with Gasteiger partial charge in [-0.15, -0.1) is 11.3 Å². The van der Waals surface area contributed by atoms with E-state index < -0.39 is 15.8 Å². The molecular weight excluding hydrogens is 546 g/mol. The van der Waals surface area contributed by atoms with Crippen LogP contribution in [0.4, 0.5) is 9.93 Å². The Bertz CT molecular complexity index is 1480. The van der Waals surface area contributed by atoms with Crippen LogP contribution in [0.25, 0.3) is 11.3 Å². The van der Waals surface area contributed by atoms with Crippen molar-refractivity contribution < 1.29 is 23.1 Å². The van der Waals surface area contributed by atoms with Gasteiger partial charge >= 0.3 is 12.0 Å². The number of urea groups is 1. The number of anilines is 1. The third-order valence-electron chi connectivity index (χ3n) is 6.49. The van der Waals surface area contributed by atoms with E-state index in [0.29, 0.717) is 36.8 Å². The summed E-state index contributed by atoms with van der Waals surface area (Å²) in [5, 5.41) is 14.2. The van der Waals surface area contributed by atoms with Crippen LogP contribution < -0.4 is 5.32 Å². The predicted octanol–water partition coefficient (Wildman–Crippen LogP) is 6.13. The van der Waals surface area contributed by atoms with Gasteiger partial charge in [0.1, 0.15) is 0 Å². The van der Waals surface area contributed by atoms with Crippen molar-refractivity contribution in [2.45, 2.75) is 30.1 Å². The average molecular weight is 578 g/mol. The minimum Gasteiger partial charge on any atom is -0.481 e. The number of carbonyl (C=O) groups excluding carboxylic acids is 1. The molecule has 10 heteroatoms. The summed E-state index contributed by atoms with van der Waals surface area (Å²) in [7, 11) is -3.30. The second-order valence-electron chi connectivity index (χ2n) is 9.41. The first kappa shape index (κ1) is 29.0. The lowest BCUT2D eigenvalue weighted by Gasteiger charge is -2.26. The van der Waals surface area contributed by atoms with Gasteiger partial charge in [-0.1, -0.05) is 72.8 Å². The number of nitrogens with one attached hydrogen (secondary N) is 1. The fraction of sp³-hybridized carbons (Fsp3) is 0.233. The summed E-state index contributed by atoms with van der Waals surface area (Å²) in [4.78, 5) is 30.8. The van der Waals surface area contributed by atoms with Crippen LogP contribution in [0.1, 0.15) is 36.3 Å². The van der Waals surface area contributed by atoms with Crippen LogP contribution in [0.3, 0.4) is 0 Å². The molecule has 0 saturated heterocycles. The third-order valence-corrected chi connectivity index (χ3v) is 8.38. The summed E-state index contributed by atoms with van der Waals surface area (Å²) in [6, 6.07) is 26.3. The van der Waals surface area contributed by atoms with E-state index in [1.165, 1.54) is 23.5 Å². The molecule has 0 unspecified atom stereocenters. The zero-order valence-electron chi connectivity index (χ0n) is 22.1. The van der Waals surface area contributed by atoms with Gasteiger partial charge in [-0.05, 0) is 36.1 Å². The van der Waals surface area contributed by atoms with Crippen molar-refractivity contribution in [3.8, 4) is 11.3 Å². The van der Waals surface area contributed by atoms with Crippen LogP contribution >= 0.6 is 11.3 Å². The number of carbonyl (C=O) groups is 2. The quantitative estimate of drug-likeness (QED) is 0.209. The molecule has 0 aliphatic heterocycles. The molecule has 208 valence electrons. The topological polar surface area (TPSA) is 117 Å². The van der Waals surface area contributed by atoms with E-state index >= 15 is 0 Å². The molecule has 2 amide bonds. The molecule has 1 heterocycles. The first-order valence-electron chi connectivity index (χ1n) is 12.8. The molecule has 0 aliphatic carbocycles. The molecule has 40 heavy (non-hydrogen) atoms. The highest BCUT2D eigenvalue weighted by atomic mass is 32.2. The van der Waals surface area contributed by atoms with Crippen molar-refractivity contribution in [3.63, 3.8) is 0 Å². The average Bonchev–Trinajstić information content (AvgIpc) is 3.41. The Kier molecular flexibility index (Phi) is 9.68. The number of carboxylic acids is 1. The van der Waals surface area contributed by atoms with E-state index in [4.69, 9.17) is 5.11 Å². The normalized spacial score (nSPS) is 11.3. The highest BCUT2D eigenvalue weighted by molar-refractivity contribution is 7.90. The monoisotopic (exact) mass is 577 g/mol. The minimum atomic E-state index is -3.30. The molecule has 0 aliphatic rings. The Labute approximate surface area is 238 Å². The number of benzene rings is 3. The molecule has 8 nitrogen and oxygen atoms in total. The maximum atomic E-state index is 13.3. The van der Waals surface area contributed by atoms with E-state index in [1.54, 1.807) is 22.4 Å². The number of aromatic nitrogens is 1. The maximum Gasteiger partial charge on any atom is 0.323 e. The highest BCUT2D eigenvalue weighted by Gasteiger charge is 2.20. The molecule has 2 N–H and O–H groups in total. The van der Waals surface area contributed by atoms with Crippen LogP contribution in [0, 0.1) is 0 Å². The third kappa shape index (κ3) is 8.00. The summed E-state index contributed by atoms with van der Waals surface area (Å²) in [5.74, 6) is -0.836. The van der Waals surface area contributed by atoms with Gasteiger partial charge in [-0.25, -0.2) is 18.2 Å². The Morgan fingerprint density at radius 3 is 2.08 bits per heavy atom. The number of rotatable bonds is 12. The predicted molar refractivity (Wildman–Crippen MR) is 157 cm³/mol. The molecule has 3 aromatic carbocycles. The molecule has 1 aromatic heterocycles. The molecule has 0 atom stereocenters. The molecule has 0 spiro atoms. The molecule has 4 rings (SSSR count). The highest BCUT2D eigenvalue weighted by Crippen LogP contribution is 2.29. The van der Waals surface area contributed by atoms with Crippen molar-refractivity contribution in [1.82, 2.24) is 9.88 Å². The van der Waals surface area contributed by atoms with E-state index in [1.807, 2.05) is 36.4 Å². The van der Waals surface area contributed by atoms with Gasteiger partial charge in [0.15, 0.2) is 15.0 Å². The molecule has 0 saturated carbocycles. The van der Waals surface area contributed by atoms with Gasteiger partial charge in [0, 0.05) is 42.6 Å². The summed E-state index contributed by atoms with van der Waals surface area (Å²) < 4.78 is 23.5. The zero-order chi connectivity index (χ0) is 28.5. The molecule has 4 aromatic rings. The summed E-state index contributed by atoms with van der Waals surface area (Å²) in [5.41, 5.74) is 3.64. The molecule has 0 fully saturated rings. The first-order chi connectivity index (χ1) is 19.2. The Morgan fingerprint density at radius 2 is 1.52 bits per heavy atom. The molecule has 0 radical (unpaired) electrons. The second-order valence-corrected chi connectivity index (χ2v) is 12.3. The Balaban J connectivity index is 1.48. The first-order valence-corrected chi connectivity index (χ1v) is 15.6. The number of amides is 2. The molecular formula is C30H31N3O5S2. The van der Waals surface area contributed by atoms with Gasteiger partial charge in [-0.3, -0.25) is 10.1 Å². The SMILES string of the molecule is CS(=O)(=O)c1ccc(-c2csc(NC(=O)N(CCCC(=O)O)CCC(c3ccccc3)c3ccccc3)n2)cc1. The minimum absolute atomic E-state index is 0.0323. The van der Waals surface area contributed by atoms with Crippen LogP contribution in [-0.2, 0) is 14.6 Å². The van der Waals surface area contributed by atoms with Crippen molar-refractivity contribution >= 4 is 38.3 Å². The Morgan fingerprint density at radius 1 is 0.925 bits per heavy atom. The van der Waals surface area contributed by atoms with Crippen LogP contribution in [0.2, 0.25) is 0 Å². The number of thiazole rings is 1. The number of aliphatic carboxylic acids is 1. The Hall–Kier alpha value is -4.02. The van der Waals surface area contributed by atoms with Crippen LogP contribution in [-0.4, -0.2) is 54.8 Å². The van der Waals surface area contributed by atoms with Crippen molar-refractivity contribution in [2.75, 3.05) is 24.7 Å². The lowest BCUT2D eigenvalue weighted by molar-refractivity contribution is -0.137. The number of hydrogen-bond donors (Lipinski definition) is 2. The van der Waals surface area contributed by atoms with Crippen LogP contribution in [0.15, 0.2) is 95.2 Å². The lowest BCUT2D eigenvalue weighted by atomic mass is 9.88. The van der Waals surface area contributed by atoms with E-state index in [2.05, 4.69) is 34.6 Å². The second kappa shape index (κ2) is 13.4. The number of sulfone groups is 1. The van der Waals surface area contributed by atoms with Gasteiger partial charge in [0.25, 0.3) is 0 Å². The van der Waals surface area contributed by atoms with Crippen molar-refractivity contribution in [1.29, 1.82) is 0 Å². The fourth-order valence-electron chi connectivity index (χ4n) is 4.42. The van der Waals surface area contributed by atoms with Gasteiger partial charge in [0.05, 0.1) is 10.6 Å². The van der Waals surface area contributed by atoms with E-state index in [0.717, 1.165) is 22.9 Å². The van der Waals surface area contributed by atoms with E-state index in [-0.39, 0.29) is 23.3 Å². The molecule has 0 bridgehead atoms. The van der Waals surface area contributed by atoms with E-state index in [9.17, 15) is 18.0 Å². The summed E-state index contributed by atoms with van der Waals surface area (Å²) in [6.45, 7) is 0.713. The summed E-state index contributed by atoms with van der Waals surface area (Å²) in [6.07, 6.45) is 2.11. The van der Waals surface area contributed by atoms with Gasteiger partial charge < -0.3 is 10.0 Å². The summed E-state index contributed by atoms with van der Waals surface area (Å²) >= 11 is 1.26. The van der Waals surface area contributed by atoms with Crippen molar-refractivity contribution in [3.05, 3.63) is 101 Å². The zero-order valence-corrected chi connectivity index (χ0v) is 23.7. The standard InChI is InChI=1S/C30H31N3O5S2/c1-40(37,38)25-16-14-24(15-17-25)27-21-39-29(31-27)32-30(36)33(19-8-13-28(34)35)20-18-26(22-9-4-2-5-10-22)23-11-6-3-7-12-23/h2-7,9-12,14-17,21,26H,8,13,18-20H2,1H3,(H,34,35)(H,31,32,36). The van der Waals surface area contributed by atoms with Gasteiger partial charge in [0.2, 0.25) is 0 Å². The maximum absolute atomic E-state index is 13.3. The fourth-order valence-corrected chi connectivity index (χ4v) is 5.76. The number of nitrogens with zero attached hydrogens (tertiary/aromatic N) is 2. The van der Waals surface area contributed by atoms with Gasteiger partial charge in [-0.2, -0.15) is 0 Å². The lowest BCUT2D eigenvalue weighted by Crippen LogP contribution is -2.37. The largest absolute Gasteiger partial charge is 0.481 e.